The van der Waals surface area contributed by atoms with Crippen molar-refractivity contribution in [2.24, 2.45) is 5.10 Å². The molecule has 0 spiro atoms. The van der Waals surface area contributed by atoms with Gasteiger partial charge in [-0.1, -0.05) is 19.3 Å². The summed E-state index contributed by atoms with van der Waals surface area (Å²) in [6.45, 7) is 0. The SMILES string of the molecule is CN1N=C(C(=O)NC2CCCCCC2O)CCC1=O. The number of carbonyl (C=O) groups is 2. The maximum Gasteiger partial charge on any atom is 0.267 e. The predicted molar refractivity (Wildman–Crippen MR) is 70.5 cm³/mol. The average Bonchev–Trinajstić information content (AvgIpc) is 2.58. The van der Waals surface area contributed by atoms with Gasteiger partial charge in [0, 0.05) is 19.9 Å². The molecule has 2 rings (SSSR count). The summed E-state index contributed by atoms with van der Waals surface area (Å²) in [5.74, 6) is -0.337. The summed E-state index contributed by atoms with van der Waals surface area (Å²) in [5.41, 5.74) is 0.374. The normalized spacial score (nSPS) is 28.6. The Morgan fingerprint density at radius 3 is 2.79 bits per heavy atom. The maximum atomic E-state index is 12.1. The first kappa shape index (κ1) is 14.0. The third-order valence-corrected chi connectivity index (χ3v) is 3.77. The second-order valence-corrected chi connectivity index (χ2v) is 5.25. The van der Waals surface area contributed by atoms with Crippen molar-refractivity contribution in [3.63, 3.8) is 0 Å². The molecule has 0 radical (unpaired) electrons. The van der Waals surface area contributed by atoms with Gasteiger partial charge in [0.15, 0.2) is 0 Å². The first-order valence-corrected chi connectivity index (χ1v) is 6.91. The number of rotatable bonds is 2. The molecule has 2 atom stereocenters. The van der Waals surface area contributed by atoms with Crippen LogP contribution in [0.15, 0.2) is 5.10 Å². The highest BCUT2D eigenvalue weighted by molar-refractivity contribution is 6.39. The highest BCUT2D eigenvalue weighted by Gasteiger charge is 2.27. The van der Waals surface area contributed by atoms with Crippen molar-refractivity contribution in [2.75, 3.05) is 7.05 Å². The summed E-state index contributed by atoms with van der Waals surface area (Å²) < 4.78 is 0. The summed E-state index contributed by atoms with van der Waals surface area (Å²) in [7, 11) is 1.55. The van der Waals surface area contributed by atoms with Crippen molar-refractivity contribution in [2.45, 2.75) is 57.1 Å². The number of aliphatic hydroxyl groups is 1. The number of carbonyl (C=O) groups excluding carboxylic acids is 2. The van der Waals surface area contributed by atoms with Gasteiger partial charge < -0.3 is 10.4 Å². The van der Waals surface area contributed by atoms with Crippen LogP contribution >= 0.6 is 0 Å². The van der Waals surface area contributed by atoms with Gasteiger partial charge in [-0.3, -0.25) is 9.59 Å². The molecular formula is C13H21N3O3. The van der Waals surface area contributed by atoms with Crippen LogP contribution in [0.1, 0.15) is 44.9 Å². The fourth-order valence-corrected chi connectivity index (χ4v) is 2.54. The number of hydrogen-bond donors (Lipinski definition) is 2. The molecule has 2 unspecified atom stereocenters. The molecule has 2 aliphatic rings. The Morgan fingerprint density at radius 2 is 2.05 bits per heavy atom. The Balaban J connectivity index is 1.96. The number of hydrogen-bond acceptors (Lipinski definition) is 4. The predicted octanol–water partition coefficient (Wildman–Crippen LogP) is 0.404. The first-order chi connectivity index (χ1) is 9.08. The van der Waals surface area contributed by atoms with Gasteiger partial charge in [0.1, 0.15) is 5.71 Å². The number of aliphatic hydroxyl groups excluding tert-OH is 1. The second-order valence-electron chi connectivity index (χ2n) is 5.25. The van der Waals surface area contributed by atoms with Gasteiger partial charge in [-0.15, -0.1) is 0 Å². The van der Waals surface area contributed by atoms with Gasteiger partial charge in [0.25, 0.3) is 5.91 Å². The van der Waals surface area contributed by atoms with E-state index >= 15 is 0 Å². The van der Waals surface area contributed by atoms with E-state index in [2.05, 4.69) is 10.4 Å². The zero-order valence-electron chi connectivity index (χ0n) is 11.3. The molecule has 1 aliphatic carbocycles. The molecule has 0 aromatic rings. The largest absolute Gasteiger partial charge is 0.391 e. The highest BCUT2D eigenvalue weighted by atomic mass is 16.3. The zero-order valence-corrected chi connectivity index (χ0v) is 11.3. The van der Waals surface area contributed by atoms with Crippen LogP contribution in [0.25, 0.3) is 0 Å². The third kappa shape index (κ3) is 3.53. The first-order valence-electron chi connectivity index (χ1n) is 6.91. The number of nitrogens with one attached hydrogen (secondary N) is 1. The van der Waals surface area contributed by atoms with Crippen LogP contribution < -0.4 is 5.32 Å². The summed E-state index contributed by atoms with van der Waals surface area (Å²) >= 11 is 0. The Labute approximate surface area is 112 Å². The molecule has 2 amide bonds. The third-order valence-electron chi connectivity index (χ3n) is 3.77. The molecule has 6 heteroatoms. The van der Waals surface area contributed by atoms with Crippen molar-refractivity contribution >= 4 is 17.5 Å². The van der Waals surface area contributed by atoms with E-state index in [-0.39, 0.29) is 17.9 Å². The molecule has 106 valence electrons. The monoisotopic (exact) mass is 267 g/mol. The summed E-state index contributed by atoms with van der Waals surface area (Å²) in [6.07, 6.45) is 4.87. The van der Waals surface area contributed by atoms with E-state index in [1.54, 1.807) is 7.05 Å². The lowest BCUT2D eigenvalue weighted by Gasteiger charge is -2.24. The molecule has 1 fully saturated rings. The van der Waals surface area contributed by atoms with Crippen LogP contribution in [-0.2, 0) is 9.59 Å². The second kappa shape index (κ2) is 6.14. The van der Waals surface area contributed by atoms with Crippen LogP contribution in [-0.4, -0.2) is 46.8 Å². The summed E-state index contributed by atoms with van der Waals surface area (Å²) in [6, 6.07) is -0.194. The van der Waals surface area contributed by atoms with Crippen molar-refractivity contribution in [3.05, 3.63) is 0 Å². The number of hydrazone groups is 1. The maximum absolute atomic E-state index is 12.1. The molecular weight excluding hydrogens is 246 g/mol. The zero-order chi connectivity index (χ0) is 13.8. The lowest BCUT2D eigenvalue weighted by atomic mass is 10.1. The Bertz CT molecular complexity index is 395. The molecule has 1 heterocycles. The van der Waals surface area contributed by atoms with Gasteiger partial charge >= 0.3 is 0 Å². The van der Waals surface area contributed by atoms with Crippen LogP contribution in [0.3, 0.4) is 0 Å². The summed E-state index contributed by atoms with van der Waals surface area (Å²) in [5, 5.41) is 18.0. The minimum Gasteiger partial charge on any atom is -0.391 e. The van der Waals surface area contributed by atoms with Crippen molar-refractivity contribution in [1.29, 1.82) is 0 Å². The van der Waals surface area contributed by atoms with Gasteiger partial charge in [0.05, 0.1) is 12.1 Å². The molecule has 1 aliphatic heterocycles. The van der Waals surface area contributed by atoms with Gasteiger partial charge in [0.2, 0.25) is 5.91 Å². The number of nitrogens with zero attached hydrogens (tertiary/aromatic N) is 2. The molecule has 0 saturated heterocycles. The molecule has 1 saturated carbocycles. The van der Waals surface area contributed by atoms with E-state index in [1.165, 1.54) is 5.01 Å². The van der Waals surface area contributed by atoms with Crippen molar-refractivity contribution in [3.8, 4) is 0 Å². The molecule has 19 heavy (non-hydrogen) atoms. The van der Waals surface area contributed by atoms with E-state index in [1.807, 2.05) is 0 Å². The van der Waals surface area contributed by atoms with Gasteiger partial charge in [-0.2, -0.15) is 5.10 Å². The molecule has 2 N–H and O–H groups in total. The van der Waals surface area contributed by atoms with E-state index < -0.39 is 6.10 Å². The van der Waals surface area contributed by atoms with E-state index in [9.17, 15) is 14.7 Å². The lowest BCUT2D eigenvalue weighted by molar-refractivity contribution is -0.130. The minimum atomic E-state index is -0.477. The average molecular weight is 267 g/mol. The van der Waals surface area contributed by atoms with Crippen LogP contribution in [0.4, 0.5) is 0 Å². The number of amides is 2. The lowest BCUT2D eigenvalue weighted by Crippen LogP contribution is -2.47. The smallest absolute Gasteiger partial charge is 0.267 e. The molecule has 0 aromatic carbocycles. The topological polar surface area (TPSA) is 82.0 Å². The van der Waals surface area contributed by atoms with E-state index in [0.29, 0.717) is 18.6 Å². The van der Waals surface area contributed by atoms with E-state index in [4.69, 9.17) is 0 Å². The van der Waals surface area contributed by atoms with Crippen molar-refractivity contribution in [1.82, 2.24) is 10.3 Å². The van der Waals surface area contributed by atoms with Gasteiger partial charge in [-0.05, 0) is 12.8 Å². The Morgan fingerprint density at radius 1 is 1.32 bits per heavy atom. The minimum absolute atomic E-state index is 0.0777. The van der Waals surface area contributed by atoms with Crippen LogP contribution in [0.5, 0.6) is 0 Å². The fraction of sp³-hybridized carbons (Fsp3) is 0.769. The molecule has 0 bridgehead atoms. The standard InChI is InChI=1S/C13H21N3O3/c1-16-12(18)8-7-10(15-16)13(19)14-9-5-3-2-4-6-11(9)17/h9,11,17H,2-8H2,1H3,(H,14,19). The van der Waals surface area contributed by atoms with Crippen LogP contribution in [0, 0.1) is 0 Å². The Hall–Kier alpha value is -1.43. The van der Waals surface area contributed by atoms with Crippen molar-refractivity contribution < 1.29 is 14.7 Å². The molecule has 0 aromatic heterocycles. The molecule has 6 nitrogen and oxygen atoms in total. The van der Waals surface area contributed by atoms with E-state index in [0.717, 1.165) is 32.1 Å². The summed E-state index contributed by atoms with van der Waals surface area (Å²) in [4.78, 5) is 23.4. The quantitative estimate of drug-likeness (QED) is 0.711. The van der Waals surface area contributed by atoms with Gasteiger partial charge in [-0.25, -0.2) is 5.01 Å². The highest BCUT2D eigenvalue weighted by Crippen LogP contribution is 2.18. The Kier molecular flexibility index (Phi) is 4.52. The van der Waals surface area contributed by atoms with Crippen LogP contribution in [0.2, 0.25) is 0 Å². The fourth-order valence-electron chi connectivity index (χ4n) is 2.54.